The van der Waals surface area contributed by atoms with E-state index in [9.17, 15) is 16.8 Å². The van der Waals surface area contributed by atoms with Crippen molar-refractivity contribution >= 4 is 88.2 Å². The Balaban J connectivity index is 0.000000146. The zero-order valence-electron chi connectivity index (χ0n) is 40.3. The highest BCUT2D eigenvalue weighted by molar-refractivity contribution is 7.94. The van der Waals surface area contributed by atoms with E-state index >= 15 is 9.13 Å². The highest BCUT2D eigenvalue weighted by Gasteiger charge is 2.50. The first kappa shape index (κ1) is 47.4. The number of imidazole rings is 1. The molecule has 0 saturated carbocycles. The number of para-hydroxylation sites is 2. The van der Waals surface area contributed by atoms with Crippen LogP contribution in [0.15, 0.2) is 279 Å². The van der Waals surface area contributed by atoms with Gasteiger partial charge in [-0.15, -0.1) is 0 Å². The summed E-state index contributed by atoms with van der Waals surface area (Å²) < 4.78 is 91.2. The molecule has 76 heavy (non-hydrogen) atoms. The van der Waals surface area contributed by atoms with Crippen LogP contribution in [0.3, 0.4) is 0 Å². The second kappa shape index (κ2) is 18.2. The van der Waals surface area contributed by atoms with Gasteiger partial charge in [0.15, 0.2) is 14.3 Å². The van der Waals surface area contributed by atoms with Crippen LogP contribution in [0.1, 0.15) is 17.2 Å². The molecule has 1 aromatic heterocycles. The molecule has 0 saturated heterocycles. The molecular formula is C62H43N4O6P2S2+. The third kappa shape index (κ3) is 7.24. The zero-order chi connectivity index (χ0) is 51.8. The average molecular weight is 1070 g/mol. The summed E-state index contributed by atoms with van der Waals surface area (Å²) in [6, 6.07) is 76.8. The molecule has 1 atom stereocenters. The maximum absolute atomic E-state index is 15.4. The number of aromatic nitrogens is 2. The van der Waals surface area contributed by atoms with E-state index in [4.69, 9.17) is 10.1 Å². The first-order valence-corrected chi connectivity index (χ1v) is 30.9. The summed E-state index contributed by atoms with van der Waals surface area (Å²) in [7, 11) is -14.9. The van der Waals surface area contributed by atoms with E-state index in [1.165, 1.54) is 0 Å². The zero-order valence-corrected chi connectivity index (χ0v) is 43.7. The first-order valence-electron chi connectivity index (χ1n) is 24.5. The summed E-state index contributed by atoms with van der Waals surface area (Å²) in [5.41, 5.74) is 5.08. The fourth-order valence-electron chi connectivity index (χ4n) is 10.9. The molecule has 0 amide bonds. The van der Waals surface area contributed by atoms with Crippen molar-refractivity contribution in [2.45, 2.75) is 25.6 Å². The minimum Gasteiger partial charge on any atom is -0.309 e. The Hall–Kier alpha value is -8.37. The van der Waals surface area contributed by atoms with Gasteiger partial charge < -0.3 is 9.13 Å². The fourth-order valence-corrected chi connectivity index (χ4v) is 20.6. The Morgan fingerprint density at radius 1 is 0.447 bits per heavy atom. The number of sulfone groups is 2. The Morgan fingerprint density at radius 3 is 1.51 bits per heavy atom. The molecule has 0 N–H and O–H groups in total. The number of nitrogens with zero attached hydrogens (tertiary/aromatic N) is 4. The van der Waals surface area contributed by atoms with Crippen LogP contribution in [0.2, 0.25) is 0 Å². The van der Waals surface area contributed by atoms with Crippen LogP contribution in [-0.2, 0) is 28.8 Å². The number of rotatable bonds is 8. The molecule has 368 valence electrons. The molecule has 14 rings (SSSR count). The monoisotopic (exact) mass is 1070 g/mol. The largest absolute Gasteiger partial charge is 0.309 e. The smallest absolute Gasteiger partial charge is 0.240 e. The summed E-state index contributed by atoms with van der Waals surface area (Å²) in [5, 5.41) is 8.12. The second-order valence-electron chi connectivity index (χ2n) is 18.6. The van der Waals surface area contributed by atoms with Crippen molar-refractivity contribution in [2.24, 2.45) is 5.11 Å². The summed E-state index contributed by atoms with van der Waals surface area (Å²) in [6.45, 7) is 0. The maximum Gasteiger partial charge on any atom is 0.240 e. The van der Waals surface area contributed by atoms with Gasteiger partial charge in [0, 0.05) is 60.2 Å². The fraction of sp³-hybridized carbons (Fsp3) is 0.0161. The van der Waals surface area contributed by atoms with Gasteiger partial charge in [-0.2, -0.15) is 0 Å². The highest BCUT2D eigenvalue weighted by Crippen LogP contribution is 2.54. The normalized spacial score (nSPS) is 15.3. The number of benzene rings is 10. The van der Waals surface area contributed by atoms with Crippen LogP contribution in [0, 0.1) is 0 Å². The molecular weight excluding hydrogens is 1020 g/mol. The van der Waals surface area contributed by atoms with Crippen LogP contribution in [0.4, 0.5) is 11.4 Å². The lowest BCUT2D eigenvalue weighted by Crippen LogP contribution is -2.30. The number of hydrogen-bond acceptors (Lipinski definition) is 8. The van der Waals surface area contributed by atoms with Gasteiger partial charge in [0.05, 0.1) is 37.0 Å². The summed E-state index contributed by atoms with van der Waals surface area (Å²) >= 11 is 0. The third-order valence-corrected chi connectivity index (χ3v) is 24.3. The van der Waals surface area contributed by atoms with E-state index in [1.54, 1.807) is 72.8 Å². The van der Waals surface area contributed by atoms with E-state index < -0.39 is 40.0 Å². The predicted octanol–water partition coefficient (Wildman–Crippen LogP) is 11.5. The molecule has 0 spiro atoms. The van der Waals surface area contributed by atoms with E-state index in [1.807, 2.05) is 191 Å². The third-order valence-electron chi connectivity index (χ3n) is 14.3. The summed E-state index contributed by atoms with van der Waals surface area (Å²) in [4.78, 5) is 5.55. The van der Waals surface area contributed by atoms with Crippen LogP contribution >= 0.6 is 14.3 Å². The van der Waals surface area contributed by atoms with Crippen molar-refractivity contribution in [1.82, 2.24) is 9.55 Å². The lowest BCUT2D eigenvalue weighted by Gasteiger charge is -2.26. The lowest BCUT2D eigenvalue weighted by atomic mass is 9.97. The average Bonchev–Trinajstić information content (AvgIpc) is 4.27. The predicted molar refractivity (Wildman–Crippen MR) is 299 cm³/mol. The van der Waals surface area contributed by atoms with Crippen LogP contribution in [-0.4, -0.2) is 31.1 Å². The van der Waals surface area contributed by atoms with Crippen LogP contribution in [0.25, 0.3) is 28.1 Å². The van der Waals surface area contributed by atoms with Crippen LogP contribution < -0.4 is 31.8 Å². The Morgan fingerprint density at radius 2 is 0.934 bits per heavy atom. The van der Waals surface area contributed by atoms with Crippen molar-refractivity contribution in [2.75, 3.05) is 0 Å². The lowest BCUT2D eigenvalue weighted by molar-refractivity contribution is -0.537. The molecule has 10 aromatic carbocycles. The van der Waals surface area contributed by atoms with Crippen molar-refractivity contribution in [3.05, 3.63) is 266 Å². The van der Waals surface area contributed by atoms with Gasteiger partial charge >= 0.3 is 0 Å². The number of fused-ring (bicyclic) bond motifs is 4. The van der Waals surface area contributed by atoms with E-state index in [-0.39, 0.29) is 24.9 Å². The standard InChI is InChI=1S/C31H22N2O3PS.C31H21N2O3PS/c34-37(23-14-6-2-7-15-23,24-16-8-3-9-17-24)25-20-27-30-29(21-25)38(35,36)28-19-11-10-18-26(28)31(30)33(32-27)22-12-4-1-5-13-22;34-37(23-14-6-2-7-15-23,24-16-8-3-9-17-24)27-21-20-25-29-30(27)38(35,36)28-19-11-10-18-26(28)33(29)31(32-25)22-12-4-1-5-13-22/h1-21,31H;1-21H/q+1;. The first-order chi connectivity index (χ1) is 37.0. The van der Waals surface area contributed by atoms with Crippen LogP contribution in [0.5, 0.6) is 0 Å². The Bertz CT molecular complexity index is 4400. The van der Waals surface area contributed by atoms with Gasteiger partial charge in [0.2, 0.25) is 31.4 Å². The number of hydrogen-bond donors (Lipinski definition) is 0. The molecule has 14 heteroatoms. The Labute approximate surface area is 439 Å². The van der Waals surface area contributed by atoms with Gasteiger partial charge in [-0.25, -0.2) is 21.8 Å². The Kier molecular flexibility index (Phi) is 11.3. The van der Waals surface area contributed by atoms with Gasteiger partial charge in [-0.3, -0.25) is 4.57 Å². The molecule has 3 aliphatic heterocycles. The van der Waals surface area contributed by atoms with Gasteiger partial charge in [0.1, 0.15) is 16.4 Å². The molecule has 0 bridgehead atoms. The molecule has 10 nitrogen and oxygen atoms in total. The van der Waals surface area contributed by atoms with Gasteiger partial charge in [-0.1, -0.05) is 205 Å². The molecule has 11 aromatic rings. The number of azo groups is 2. The molecule has 4 heterocycles. The van der Waals surface area contributed by atoms with Gasteiger partial charge in [-0.05, 0) is 42.5 Å². The maximum atomic E-state index is 15.4. The second-order valence-corrected chi connectivity index (χ2v) is 27.8. The molecule has 0 radical (unpaired) electrons. The van der Waals surface area contributed by atoms with Crippen molar-refractivity contribution in [1.29, 1.82) is 0 Å². The molecule has 0 fully saturated rings. The highest BCUT2D eigenvalue weighted by atomic mass is 32.2. The van der Waals surface area contributed by atoms with E-state index in [0.29, 0.717) is 65.9 Å². The van der Waals surface area contributed by atoms with Crippen molar-refractivity contribution in [3.8, 4) is 17.1 Å². The quantitative estimate of drug-likeness (QED) is 0.109. The van der Waals surface area contributed by atoms with Crippen molar-refractivity contribution < 1.29 is 30.7 Å². The SMILES string of the molecule is O=P(c1ccccc1)(c1ccccc1)c1cc2c3c(c1)S(=O)(=O)c1ccccc1C3[N+](c1ccccc1)=N2.O=P(c1ccccc1)(c1ccccc1)c1ccc2nc(-c3ccccc3)n3c2c1S(=O)(=O)c1ccccc1-3. The minimum absolute atomic E-state index is 0.0550. The minimum atomic E-state index is -4.04. The summed E-state index contributed by atoms with van der Waals surface area (Å²) in [5.74, 6) is 0.635. The topological polar surface area (TPSA) is 136 Å². The summed E-state index contributed by atoms with van der Waals surface area (Å²) in [6.07, 6.45) is 0. The van der Waals surface area contributed by atoms with Gasteiger partial charge in [0.25, 0.3) is 0 Å². The van der Waals surface area contributed by atoms with E-state index in [2.05, 4.69) is 0 Å². The van der Waals surface area contributed by atoms with E-state index in [0.717, 1.165) is 11.3 Å². The molecule has 1 unspecified atom stereocenters. The van der Waals surface area contributed by atoms with Crippen molar-refractivity contribution in [3.63, 3.8) is 0 Å². The molecule has 3 aliphatic rings. The molecule has 0 aliphatic carbocycles.